The maximum atomic E-state index is 13.2. The number of hydrogen-bond acceptors (Lipinski definition) is 8. The summed E-state index contributed by atoms with van der Waals surface area (Å²) in [6, 6.07) is 4.72. The molecule has 1 saturated heterocycles. The van der Waals surface area contributed by atoms with Crippen molar-refractivity contribution in [2.75, 3.05) is 23.3 Å². The van der Waals surface area contributed by atoms with E-state index in [9.17, 15) is 28.5 Å². The summed E-state index contributed by atoms with van der Waals surface area (Å²) in [5.41, 5.74) is -1.11. The predicted octanol–water partition coefficient (Wildman–Crippen LogP) is 1.70. The lowest BCUT2D eigenvalue weighted by Crippen LogP contribution is -2.48. The van der Waals surface area contributed by atoms with Crippen LogP contribution in [0.5, 0.6) is 0 Å². The van der Waals surface area contributed by atoms with Crippen LogP contribution in [0, 0.1) is 0 Å². The Bertz CT molecular complexity index is 1180. The van der Waals surface area contributed by atoms with E-state index in [1.807, 2.05) is 0 Å². The van der Waals surface area contributed by atoms with Crippen LogP contribution in [0.25, 0.3) is 16.7 Å². The van der Waals surface area contributed by atoms with Crippen LogP contribution in [0.2, 0.25) is 0 Å². The summed E-state index contributed by atoms with van der Waals surface area (Å²) in [7, 11) is 0. The standard InChI is InChI=1S/C21H23F3N6O3/c1-20(33)6-12(7-20)26-19-27-17(29-9-15(31)16(32)10-29)14-8-25-30(18(14)28-19)13-4-2-3-11(5-13)21(22,23)24/h2-5,8,12,15-16,31-33H,6-7,9-10H2,1H3,(H,26,27,28)/t12-,15-,16-,20-/m1/s1. The second-order valence-corrected chi connectivity index (χ2v) is 9.00. The number of aliphatic hydroxyl groups is 3. The van der Waals surface area contributed by atoms with Crippen molar-refractivity contribution in [3.8, 4) is 5.69 Å². The normalized spacial score (nSPS) is 27.7. The molecule has 0 unspecified atom stereocenters. The smallest absolute Gasteiger partial charge is 0.390 e. The number of aliphatic hydroxyl groups excluding tert-OH is 2. The molecule has 0 amide bonds. The van der Waals surface area contributed by atoms with E-state index in [1.54, 1.807) is 11.8 Å². The predicted molar refractivity (Wildman–Crippen MR) is 113 cm³/mol. The Kier molecular flexibility index (Phi) is 4.99. The Hall–Kier alpha value is -2.96. The molecule has 0 radical (unpaired) electrons. The summed E-state index contributed by atoms with van der Waals surface area (Å²) in [5, 5.41) is 37.9. The zero-order valence-corrected chi connectivity index (χ0v) is 17.7. The zero-order chi connectivity index (χ0) is 23.5. The molecule has 0 bridgehead atoms. The third-order valence-electron chi connectivity index (χ3n) is 6.09. The number of β-amino-alcohol motifs (C(OH)–C–C–N with tert-alkyl or cyclic N) is 2. The van der Waals surface area contributed by atoms with Gasteiger partial charge in [-0.2, -0.15) is 28.2 Å². The minimum atomic E-state index is -4.51. The summed E-state index contributed by atoms with van der Waals surface area (Å²) in [5.74, 6) is 0.630. The molecule has 9 nitrogen and oxygen atoms in total. The Morgan fingerprint density at radius 2 is 1.82 bits per heavy atom. The maximum Gasteiger partial charge on any atom is 0.416 e. The number of aromatic nitrogens is 4. The van der Waals surface area contributed by atoms with E-state index in [2.05, 4.69) is 20.4 Å². The van der Waals surface area contributed by atoms with E-state index in [1.165, 1.54) is 23.0 Å². The van der Waals surface area contributed by atoms with Crippen molar-refractivity contribution in [1.29, 1.82) is 0 Å². The van der Waals surface area contributed by atoms with Gasteiger partial charge in [0.05, 0.1) is 40.6 Å². The first kappa shape index (κ1) is 21.9. The Balaban J connectivity index is 1.59. The minimum Gasteiger partial charge on any atom is -0.390 e. The lowest BCUT2D eigenvalue weighted by Gasteiger charge is -2.41. The van der Waals surface area contributed by atoms with Crippen molar-refractivity contribution in [1.82, 2.24) is 19.7 Å². The second kappa shape index (κ2) is 7.54. The number of anilines is 2. The molecule has 2 aliphatic rings. The van der Waals surface area contributed by atoms with E-state index in [4.69, 9.17) is 0 Å². The molecule has 1 aliphatic carbocycles. The summed E-state index contributed by atoms with van der Waals surface area (Å²) in [6.07, 6.45) is -3.96. The summed E-state index contributed by atoms with van der Waals surface area (Å²) >= 11 is 0. The van der Waals surface area contributed by atoms with Crippen molar-refractivity contribution in [3.05, 3.63) is 36.0 Å². The van der Waals surface area contributed by atoms with Gasteiger partial charge in [0.25, 0.3) is 0 Å². The topological polar surface area (TPSA) is 120 Å². The molecule has 33 heavy (non-hydrogen) atoms. The van der Waals surface area contributed by atoms with E-state index in [-0.39, 0.29) is 36.4 Å². The van der Waals surface area contributed by atoms with Crippen molar-refractivity contribution in [2.45, 2.75) is 49.8 Å². The SMILES string of the molecule is C[C@]1(O)C[C@H](Nc2nc(N3C[C@@H](O)[C@H](O)C3)c3cnn(-c4cccc(C(F)(F)F)c4)c3n2)C1. The van der Waals surface area contributed by atoms with E-state index < -0.39 is 29.5 Å². The van der Waals surface area contributed by atoms with Gasteiger partial charge >= 0.3 is 6.18 Å². The van der Waals surface area contributed by atoms with Crippen molar-refractivity contribution in [2.24, 2.45) is 0 Å². The largest absolute Gasteiger partial charge is 0.416 e. The lowest BCUT2D eigenvalue weighted by atomic mass is 9.77. The van der Waals surface area contributed by atoms with Gasteiger partial charge in [-0.05, 0) is 38.0 Å². The van der Waals surface area contributed by atoms with Crippen LogP contribution in [0.3, 0.4) is 0 Å². The number of nitrogens with zero attached hydrogens (tertiary/aromatic N) is 5. The van der Waals surface area contributed by atoms with Crippen molar-refractivity contribution >= 4 is 22.8 Å². The fourth-order valence-electron chi connectivity index (χ4n) is 4.43. The van der Waals surface area contributed by atoms with Gasteiger partial charge in [0.15, 0.2) is 5.65 Å². The molecule has 5 rings (SSSR count). The summed E-state index contributed by atoms with van der Waals surface area (Å²) in [4.78, 5) is 10.8. The van der Waals surface area contributed by atoms with Crippen LogP contribution >= 0.6 is 0 Å². The van der Waals surface area contributed by atoms with Crippen LogP contribution in [0.4, 0.5) is 24.9 Å². The van der Waals surface area contributed by atoms with Gasteiger partial charge in [0, 0.05) is 19.1 Å². The average Bonchev–Trinajstić information content (AvgIpc) is 3.29. The Morgan fingerprint density at radius 1 is 1.12 bits per heavy atom. The molecule has 1 aliphatic heterocycles. The molecule has 12 heteroatoms. The number of benzene rings is 1. The quantitative estimate of drug-likeness (QED) is 0.461. The van der Waals surface area contributed by atoms with Gasteiger partial charge in [-0.1, -0.05) is 6.07 Å². The highest BCUT2D eigenvalue weighted by atomic mass is 19.4. The fourth-order valence-corrected chi connectivity index (χ4v) is 4.43. The van der Waals surface area contributed by atoms with Crippen LogP contribution < -0.4 is 10.2 Å². The lowest BCUT2D eigenvalue weighted by molar-refractivity contribution is -0.137. The maximum absolute atomic E-state index is 13.2. The first-order valence-electron chi connectivity index (χ1n) is 10.5. The van der Waals surface area contributed by atoms with Gasteiger partial charge in [-0.25, -0.2) is 4.68 Å². The van der Waals surface area contributed by atoms with E-state index in [0.717, 1.165) is 12.1 Å². The molecular weight excluding hydrogens is 441 g/mol. The van der Waals surface area contributed by atoms with Gasteiger partial charge in [0.1, 0.15) is 5.82 Å². The molecule has 4 N–H and O–H groups in total. The van der Waals surface area contributed by atoms with Crippen LogP contribution in [0.1, 0.15) is 25.3 Å². The Labute approximate surface area is 186 Å². The monoisotopic (exact) mass is 464 g/mol. The zero-order valence-electron chi connectivity index (χ0n) is 17.7. The molecule has 2 atom stereocenters. The number of halogens is 3. The van der Waals surface area contributed by atoms with Gasteiger partial charge in [0.2, 0.25) is 5.95 Å². The fraction of sp³-hybridized carbons (Fsp3) is 0.476. The molecule has 1 saturated carbocycles. The van der Waals surface area contributed by atoms with Gasteiger partial charge in [-0.3, -0.25) is 0 Å². The first-order valence-corrected chi connectivity index (χ1v) is 10.5. The van der Waals surface area contributed by atoms with E-state index in [0.29, 0.717) is 24.0 Å². The molecular formula is C21H23F3N6O3. The number of fused-ring (bicyclic) bond motifs is 1. The average molecular weight is 464 g/mol. The number of nitrogens with one attached hydrogen (secondary N) is 1. The molecule has 2 aromatic heterocycles. The Morgan fingerprint density at radius 3 is 2.45 bits per heavy atom. The van der Waals surface area contributed by atoms with Crippen LogP contribution in [0.15, 0.2) is 30.5 Å². The van der Waals surface area contributed by atoms with Crippen LogP contribution in [-0.2, 0) is 6.18 Å². The summed E-state index contributed by atoms with van der Waals surface area (Å²) in [6.45, 7) is 2.01. The van der Waals surface area contributed by atoms with Crippen molar-refractivity contribution < 1.29 is 28.5 Å². The molecule has 0 spiro atoms. The second-order valence-electron chi connectivity index (χ2n) is 9.00. The highest BCUT2D eigenvalue weighted by Gasteiger charge is 2.39. The minimum absolute atomic E-state index is 0.0648. The highest BCUT2D eigenvalue weighted by molar-refractivity contribution is 5.89. The van der Waals surface area contributed by atoms with Gasteiger partial charge < -0.3 is 25.5 Å². The first-order chi connectivity index (χ1) is 15.5. The molecule has 3 aromatic rings. The molecule has 176 valence electrons. The molecule has 1 aromatic carbocycles. The highest BCUT2D eigenvalue weighted by Crippen LogP contribution is 2.35. The molecule has 2 fully saturated rings. The number of hydrogen-bond donors (Lipinski definition) is 4. The summed E-state index contributed by atoms with van der Waals surface area (Å²) < 4.78 is 41.0. The van der Waals surface area contributed by atoms with Crippen LogP contribution in [-0.4, -0.2) is 72.0 Å². The van der Waals surface area contributed by atoms with E-state index >= 15 is 0 Å². The number of rotatable bonds is 4. The number of alkyl halides is 3. The third-order valence-corrected chi connectivity index (χ3v) is 6.09. The van der Waals surface area contributed by atoms with Gasteiger partial charge in [-0.15, -0.1) is 0 Å². The third kappa shape index (κ3) is 4.09. The molecule has 3 heterocycles. The van der Waals surface area contributed by atoms with Crippen molar-refractivity contribution in [3.63, 3.8) is 0 Å².